The molecule has 6 amide bonds. The second kappa shape index (κ2) is 22.3. The lowest BCUT2D eigenvalue weighted by Gasteiger charge is -2.35. The highest BCUT2D eigenvalue weighted by molar-refractivity contribution is 7.13. The molecule has 15 nitrogen and oxygen atoms in total. The summed E-state index contributed by atoms with van der Waals surface area (Å²) >= 11 is 1.57. The number of rotatable bonds is 17. The highest BCUT2D eigenvalue weighted by atomic mass is 32.1. The zero-order chi connectivity index (χ0) is 49.4. The quantitative estimate of drug-likeness (QED) is 0.0900. The van der Waals surface area contributed by atoms with Crippen molar-refractivity contribution in [2.75, 3.05) is 11.4 Å². The minimum absolute atomic E-state index is 0.0205. The van der Waals surface area contributed by atoms with E-state index in [4.69, 9.17) is 10.5 Å². The van der Waals surface area contributed by atoms with Crippen molar-refractivity contribution in [2.45, 2.75) is 142 Å². The molecule has 1 fully saturated rings. The molecule has 364 valence electrons. The normalized spacial score (nSPS) is 18.8. The largest absolute Gasteiger partial charge is 0.391 e. The van der Waals surface area contributed by atoms with Crippen molar-refractivity contribution in [1.82, 2.24) is 25.8 Å². The van der Waals surface area contributed by atoms with Gasteiger partial charge in [-0.3, -0.25) is 33.7 Å². The van der Waals surface area contributed by atoms with Crippen LogP contribution in [0.1, 0.15) is 106 Å². The average molecular weight is 958 g/mol. The molecule has 0 radical (unpaired) electrons. The van der Waals surface area contributed by atoms with Gasteiger partial charge in [0.1, 0.15) is 18.1 Å². The molecule has 1 aromatic heterocycles. The fourth-order valence-corrected chi connectivity index (χ4v) is 10.0. The molecule has 0 bridgehead atoms. The van der Waals surface area contributed by atoms with E-state index >= 15 is 0 Å². The van der Waals surface area contributed by atoms with E-state index in [1.807, 2.05) is 107 Å². The molecular weight excluding hydrogens is 895 g/mol. The summed E-state index contributed by atoms with van der Waals surface area (Å²) in [5.41, 5.74) is 14.0. The minimum Gasteiger partial charge on any atom is -0.391 e. The number of aryl methyl sites for hydroxylation is 2. The molecule has 3 aromatic carbocycles. The number of nitrogens with zero attached hydrogens (tertiary/aromatic N) is 3. The first-order valence-corrected chi connectivity index (χ1v) is 24.6. The standard InChI is InChI=1S/C53H63N7O8S/c1-32-48(69-31-56-32)38-22-20-35(21-23-38)28-55-50(65)42-27-40(61)29-59(42)52(67)49(53(3,4)5)58-45(63)14-7-6-10-34-16-18-36(19-17-34)30-68-33(2)41(24-25-44(54)62)57-51(66)43-26-39-13-8-11-37-12-9-15-46(64)60(43)47(37)39/h8,11,13,16-23,31,33,40-43,49,61H,7,9,12,14-15,24-30H2,1-5H3,(H2,54,62)(H,55,65)(H,57,66)(H,58,63)/t33-,40-,41+,42+,43+,49-/m1/s1. The van der Waals surface area contributed by atoms with Crippen LogP contribution in [-0.2, 0) is 59.5 Å². The molecular formula is C53H63N7O8S. The van der Waals surface area contributed by atoms with Crippen molar-refractivity contribution >= 4 is 52.5 Å². The smallest absolute Gasteiger partial charge is 0.246 e. The summed E-state index contributed by atoms with van der Waals surface area (Å²) in [6.07, 6.45) is 1.62. The highest BCUT2D eigenvalue weighted by Crippen LogP contribution is 2.39. The SMILES string of the molecule is Cc1ncsc1-c1ccc(CNC(=O)[C@@H]2C[C@@H](O)CN2C(=O)[C@@H](NC(=O)CCC#Cc2ccc(CO[C@H](C)[C@H](CCC(N)=O)NC(=O)[C@@H]3Cc4cccc5c4N3C(=O)CCC5)cc2)C(C)(C)C)cc1. The minimum atomic E-state index is -0.952. The fourth-order valence-electron chi connectivity index (χ4n) is 9.22. The van der Waals surface area contributed by atoms with Crippen molar-refractivity contribution in [3.05, 3.63) is 106 Å². The number of aromatic nitrogens is 1. The Morgan fingerprint density at radius 1 is 0.942 bits per heavy atom. The summed E-state index contributed by atoms with van der Waals surface area (Å²) in [6.45, 7) is 9.77. The Labute approximate surface area is 408 Å². The van der Waals surface area contributed by atoms with Gasteiger partial charge in [0, 0.05) is 57.2 Å². The molecule has 7 rings (SSSR count). The zero-order valence-corrected chi connectivity index (χ0v) is 40.8. The first-order chi connectivity index (χ1) is 33.0. The number of β-amino-alcohol motifs (C(OH)–C–C–N with tert-alkyl or cyclic N) is 1. The molecule has 6 N–H and O–H groups in total. The summed E-state index contributed by atoms with van der Waals surface area (Å²) in [5, 5.41) is 19.5. The molecule has 0 aliphatic carbocycles. The van der Waals surface area contributed by atoms with E-state index < -0.39 is 53.6 Å². The summed E-state index contributed by atoms with van der Waals surface area (Å²) in [4.78, 5) is 88.1. The number of thiazole rings is 1. The van der Waals surface area contributed by atoms with Gasteiger partial charge < -0.3 is 36.4 Å². The first kappa shape index (κ1) is 50.5. The van der Waals surface area contributed by atoms with Crippen molar-refractivity contribution in [3.63, 3.8) is 0 Å². The van der Waals surface area contributed by atoms with Gasteiger partial charge in [-0.25, -0.2) is 4.98 Å². The number of hydrogen-bond acceptors (Lipinski definition) is 10. The monoisotopic (exact) mass is 957 g/mol. The molecule has 6 atom stereocenters. The van der Waals surface area contributed by atoms with Crippen LogP contribution in [0.3, 0.4) is 0 Å². The number of likely N-dealkylation sites (tertiary alicyclic amines) is 1. The maximum absolute atomic E-state index is 14.1. The van der Waals surface area contributed by atoms with Crippen LogP contribution in [0.15, 0.2) is 72.2 Å². The predicted octanol–water partition coefficient (Wildman–Crippen LogP) is 5.01. The molecule has 3 aliphatic heterocycles. The topological polar surface area (TPSA) is 213 Å². The zero-order valence-electron chi connectivity index (χ0n) is 40.0. The Balaban J connectivity index is 0.881. The van der Waals surface area contributed by atoms with Crippen LogP contribution in [0.4, 0.5) is 5.69 Å². The first-order valence-electron chi connectivity index (χ1n) is 23.7. The van der Waals surface area contributed by atoms with Crippen LogP contribution in [0.25, 0.3) is 10.4 Å². The number of primary amides is 1. The number of aliphatic hydroxyl groups is 1. The third-order valence-corrected chi connectivity index (χ3v) is 14.0. The van der Waals surface area contributed by atoms with Crippen LogP contribution in [0.2, 0.25) is 0 Å². The second-order valence-corrected chi connectivity index (χ2v) is 20.2. The number of benzene rings is 3. The number of aliphatic hydroxyl groups excluding tert-OH is 1. The van der Waals surface area contributed by atoms with Crippen molar-refractivity contribution < 1.29 is 38.6 Å². The van der Waals surface area contributed by atoms with Gasteiger partial charge in [-0.15, -0.1) is 11.3 Å². The van der Waals surface area contributed by atoms with Crippen molar-refractivity contribution in [2.24, 2.45) is 11.1 Å². The Hall–Kier alpha value is -6.41. The van der Waals surface area contributed by atoms with Gasteiger partial charge >= 0.3 is 0 Å². The van der Waals surface area contributed by atoms with Crippen LogP contribution in [-0.4, -0.2) is 93.4 Å². The Morgan fingerprint density at radius 3 is 2.36 bits per heavy atom. The summed E-state index contributed by atoms with van der Waals surface area (Å²) in [5.74, 6) is 4.11. The maximum atomic E-state index is 14.1. The van der Waals surface area contributed by atoms with Crippen LogP contribution < -0.4 is 26.6 Å². The second-order valence-electron chi connectivity index (χ2n) is 19.3. The number of nitrogens with one attached hydrogen (secondary N) is 3. The Morgan fingerprint density at radius 2 is 1.67 bits per heavy atom. The number of ether oxygens (including phenoxy) is 1. The van der Waals surface area contributed by atoms with Gasteiger partial charge in [-0.1, -0.05) is 87.2 Å². The van der Waals surface area contributed by atoms with Gasteiger partial charge in [-0.05, 0) is 78.5 Å². The van der Waals surface area contributed by atoms with E-state index in [0.717, 1.165) is 62.5 Å². The van der Waals surface area contributed by atoms with E-state index in [-0.39, 0.29) is 75.4 Å². The Bertz CT molecular complexity index is 2600. The summed E-state index contributed by atoms with van der Waals surface area (Å²) in [6, 6.07) is 18.2. The Kier molecular flexibility index (Phi) is 16.3. The molecule has 0 saturated carbocycles. The lowest BCUT2D eigenvalue weighted by Crippen LogP contribution is -2.57. The number of carbonyl (C=O) groups excluding carboxylic acids is 6. The van der Waals surface area contributed by atoms with Gasteiger partial charge in [0.25, 0.3) is 0 Å². The predicted molar refractivity (Wildman–Crippen MR) is 263 cm³/mol. The van der Waals surface area contributed by atoms with Crippen molar-refractivity contribution in [3.8, 4) is 22.3 Å². The molecule has 0 unspecified atom stereocenters. The number of para-hydroxylation sites is 1. The molecule has 1 saturated heterocycles. The third kappa shape index (κ3) is 12.6. The van der Waals surface area contributed by atoms with Gasteiger partial charge in [0.15, 0.2) is 0 Å². The molecule has 4 heterocycles. The van der Waals surface area contributed by atoms with Gasteiger partial charge in [-0.2, -0.15) is 0 Å². The molecule has 69 heavy (non-hydrogen) atoms. The summed E-state index contributed by atoms with van der Waals surface area (Å²) in [7, 11) is 0. The van der Waals surface area contributed by atoms with E-state index in [9.17, 15) is 33.9 Å². The third-order valence-electron chi connectivity index (χ3n) is 13.1. The molecule has 4 aromatic rings. The van der Waals surface area contributed by atoms with E-state index in [1.54, 1.807) is 16.2 Å². The highest BCUT2D eigenvalue weighted by Gasteiger charge is 2.45. The van der Waals surface area contributed by atoms with E-state index in [2.05, 4.69) is 32.8 Å². The fraction of sp³-hybridized carbons (Fsp3) is 0.453. The lowest BCUT2D eigenvalue weighted by atomic mass is 9.85. The summed E-state index contributed by atoms with van der Waals surface area (Å²) < 4.78 is 6.22. The number of amides is 6. The number of carbonyl (C=O) groups is 6. The maximum Gasteiger partial charge on any atom is 0.246 e. The molecule has 3 aliphatic rings. The number of hydrogen-bond donors (Lipinski definition) is 5. The van der Waals surface area contributed by atoms with Crippen LogP contribution in [0, 0.1) is 24.2 Å². The molecule has 16 heteroatoms. The van der Waals surface area contributed by atoms with Crippen LogP contribution >= 0.6 is 11.3 Å². The van der Waals surface area contributed by atoms with Gasteiger partial charge in [0.05, 0.1) is 46.6 Å². The van der Waals surface area contributed by atoms with Crippen LogP contribution in [0.5, 0.6) is 0 Å². The number of nitrogens with two attached hydrogens (primary N) is 1. The van der Waals surface area contributed by atoms with E-state index in [1.165, 1.54) is 4.90 Å². The average Bonchev–Trinajstić information content (AvgIpc) is 4.03. The van der Waals surface area contributed by atoms with Crippen molar-refractivity contribution in [1.29, 1.82) is 0 Å². The lowest BCUT2D eigenvalue weighted by molar-refractivity contribution is -0.144. The molecule has 0 spiro atoms. The van der Waals surface area contributed by atoms with E-state index in [0.29, 0.717) is 12.8 Å². The number of anilines is 1. The van der Waals surface area contributed by atoms with Gasteiger partial charge in [0.2, 0.25) is 35.4 Å².